The molecule has 0 bridgehead atoms. The summed E-state index contributed by atoms with van der Waals surface area (Å²) in [4.78, 5) is 37.8. The zero-order valence-corrected chi connectivity index (χ0v) is 15.0. The number of H-pyrrole nitrogens is 1. The van der Waals surface area contributed by atoms with Crippen LogP contribution >= 0.6 is 11.6 Å². The van der Waals surface area contributed by atoms with Gasteiger partial charge in [-0.1, -0.05) is 11.6 Å². The van der Waals surface area contributed by atoms with E-state index in [-0.39, 0.29) is 17.4 Å². The van der Waals surface area contributed by atoms with Crippen LogP contribution < -0.4 is 5.56 Å². The molecule has 1 N–H and O–H groups in total. The van der Waals surface area contributed by atoms with Gasteiger partial charge in [0.15, 0.2) is 0 Å². The van der Waals surface area contributed by atoms with Crippen molar-refractivity contribution < 1.29 is 4.79 Å². The minimum Gasteiger partial charge on any atom is -0.337 e. The standard InChI is InChI=1S/C18H18ClN5O2/c1-11-17(24-9-13(19)4-5-15(24)22-11)18(26)23-6-2-3-12(8-23)14-7-16(25)21-10-20-14/h4-5,7,9-10,12H,2-3,6,8H2,1H3,(H,20,21,25)/t12-/m1/s1. The molecule has 0 aromatic carbocycles. The minimum absolute atomic E-state index is 0.0538. The van der Waals surface area contributed by atoms with Crippen molar-refractivity contribution >= 4 is 23.2 Å². The van der Waals surface area contributed by atoms with E-state index in [9.17, 15) is 9.59 Å². The monoisotopic (exact) mass is 371 g/mol. The molecule has 4 rings (SSSR count). The summed E-state index contributed by atoms with van der Waals surface area (Å²) in [6, 6.07) is 5.07. The Hall–Kier alpha value is -2.67. The molecule has 0 unspecified atom stereocenters. The van der Waals surface area contributed by atoms with Crippen LogP contribution in [0.2, 0.25) is 5.02 Å². The van der Waals surface area contributed by atoms with Crippen molar-refractivity contribution in [3.63, 3.8) is 0 Å². The lowest BCUT2D eigenvalue weighted by molar-refractivity contribution is 0.0698. The lowest BCUT2D eigenvalue weighted by atomic mass is 9.94. The first-order valence-corrected chi connectivity index (χ1v) is 8.89. The number of likely N-dealkylation sites (tertiary alicyclic amines) is 1. The molecular weight excluding hydrogens is 354 g/mol. The molecule has 8 heteroatoms. The number of aryl methyl sites for hydroxylation is 1. The number of nitrogens with one attached hydrogen (secondary N) is 1. The number of halogens is 1. The molecule has 7 nitrogen and oxygen atoms in total. The molecule has 4 heterocycles. The van der Waals surface area contributed by atoms with Gasteiger partial charge in [0.2, 0.25) is 0 Å². The fourth-order valence-corrected chi connectivity index (χ4v) is 3.71. The number of hydrogen-bond acceptors (Lipinski definition) is 4. The Labute approximate surface area is 154 Å². The fourth-order valence-electron chi connectivity index (χ4n) is 3.55. The minimum atomic E-state index is -0.175. The number of pyridine rings is 1. The number of piperidine rings is 1. The van der Waals surface area contributed by atoms with Crippen LogP contribution in [-0.4, -0.2) is 43.2 Å². The number of imidazole rings is 1. The van der Waals surface area contributed by atoms with Gasteiger partial charge in [-0.3, -0.25) is 14.0 Å². The molecule has 0 spiro atoms. The number of aromatic amines is 1. The molecule has 26 heavy (non-hydrogen) atoms. The molecule has 1 saturated heterocycles. The lowest BCUT2D eigenvalue weighted by Gasteiger charge is -2.32. The van der Waals surface area contributed by atoms with Gasteiger partial charge in [0.25, 0.3) is 11.5 Å². The molecule has 0 saturated carbocycles. The largest absolute Gasteiger partial charge is 0.337 e. The van der Waals surface area contributed by atoms with E-state index >= 15 is 0 Å². The maximum absolute atomic E-state index is 13.2. The number of carbonyl (C=O) groups is 1. The molecule has 134 valence electrons. The summed E-state index contributed by atoms with van der Waals surface area (Å²) in [5.74, 6) is -0.0233. The van der Waals surface area contributed by atoms with Gasteiger partial charge in [0.1, 0.15) is 11.3 Å². The zero-order valence-electron chi connectivity index (χ0n) is 14.3. The van der Waals surface area contributed by atoms with Crippen LogP contribution in [0, 0.1) is 6.92 Å². The van der Waals surface area contributed by atoms with E-state index in [4.69, 9.17) is 11.6 Å². The van der Waals surface area contributed by atoms with Crippen molar-refractivity contribution in [3.8, 4) is 0 Å². The number of rotatable bonds is 2. The van der Waals surface area contributed by atoms with Gasteiger partial charge >= 0.3 is 0 Å². The first-order valence-electron chi connectivity index (χ1n) is 8.51. The SMILES string of the molecule is Cc1nc2ccc(Cl)cn2c1C(=O)N1CCC[C@@H](c2cc(=O)[nH]cn2)C1. The van der Waals surface area contributed by atoms with Crippen LogP contribution in [0.3, 0.4) is 0 Å². The Kier molecular flexibility index (Phi) is 4.24. The number of carbonyl (C=O) groups excluding carboxylic acids is 1. The van der Waals surface area contributed by atoms with Gasteiger partial charge in [-0.05, 0) is 31.9 Å². The van der Waals surface area contributed by atoms with Gasteiger partial charge in [0, 0.05) is 31.3 Å². The molecule has 0 radical (unpaired) electrons. The quantitative estimate of drug-likeness (QED) is 0.749. The molecule has 3 aromatic rings. The lowest BCUT2D eigenvalue weighted by Crippen LogP contribution is -2.40. The van der Waals surface area contributed by atoms with Crippen LogP contribution in [0.4, 0.5) is 0 Å². The van der Waals surface area contributed by atoms with E-state index in [1.807, 2.05) is 11.8 Å². The van der Waals surface area contributed by atoms with Gasteiger partial charge in [-0.2, -0.15) is 0 Å². The average molecular weight is 372 g/mol. The summed E-state index contributed by atoms with van der Waals surface area (Å²) in [7, 11) is 0. The number of nitrogens with zero attached hydrogens (tertiary/aromatic N) is 4. The molecule has 0 aliphatic carbocycles. The maximum Gasteiger partial charge on any atom is 0.272 e. The van der Waals surface area contributed by atoms with Crippen LogP contribution in [0.1, 0.15) is 40.6 Å². The van der Waals surface area contributed by atoms with Crippen molar-refractivity contribution in [2.45, 2.75) is 25.7 Å². The maximum atomic E-state index is 13.2. The molecule has 1 atom stereocenters. The van der Waals surface area contributed by atoms with Gasteiger partial charge in [-0.25, -0.2) is 9.97 Å². The van der Waals surface area contributed by atoms with E-state index < -0.39 is 0 Å². The highest BCUT2D eigenvalue weighted by molar-refractivity contribution is 6.30. The summed E-state index contributed by atoms with van der Waals surface area (Å²) in [6.45, 7) is 3.03. The first kappa shape index (κ1) is 16.8. The van der Waals surface area contributed by atoms with Crippen molar-refractivity contribution in [1.29, 1.82) is 0 Å². The van der Waals surface area contributed by atoms with Crippen LogP contribution in [-0.2, 0) is 0 Å². The highest BCUT2D eigenvalue weighted by Gasteiger charge is 2.29. The average Bonchev–Trinajstić information content (AvgIpc) is 2.96. The molecule has 1 fully saturated rings. The third kappa shape index (κ3) is 2.99. The van der Waals surface area contributed by atoms with Crippen LogP contribution in [0.15, 0.2) is 35.5 Å². The predicted molar refractivity (Wildman–Crippen MR) is 97.7 cm³/mol. The molecular formula is C18H18ClN5O2. The fraction of sp³-hybridized carbons (Fsp3) is 0.333. The zero-order chi connectivity index (χ0) is 18.3. The van der Waals surface area contributed by atoms with E-state index in [0.29, 0.717) is 35.1 Å². The van der Waals surface area contributed by atoms with Crippen LogP contribution in [0.25, 0.3) is 5.65 Å². The summed E-state index contributed by atoms with van der Waals surface area (Å²) in [5.41, 5.74) is 2.45. The smallest absolute Gasteiger partial charge is 0.272 e. The Morgan fingerprint density at radius 3 is 3.04 bits per heavy atom. The van der Waals surface area contributed by atoms with E-state index in [1.165, 1.54) is 12.4 Å². The Bertz CT molecular complexity index is 1040. The second kappa shape index (κ2) is 6.57. The first-order chi connectivity index (χ1) is 12.5. The molecule has 1 aliphatic heterocycles. The van der Waals surface area contributed by atoms with Crippen molar-refractivity contribution in [3.05, 3.63) is 63.2 Å². The molecule has 1 amide bonds. The number of amides is 1. The Morgan fingerprint density at radius 1 is 1.38 bits per heavy atom. The Morgan fingerprint density at radius 2 is 2.23 bits per heavy atom. The van der Waals surface area contributed by atoms with Crippen molar-refractivity contribution in [2.24, 2.45) is 0 Å². The van der Waals surface area contributed by atoms with E-state index in [0.717, 1.165) is 18.5 Å². The molecule has 3 aromatic heterocycles. The van der Waals surface area contributed by atoms with Crippen LogP contribution in [0.5, 0.6) is 0 Å². The van der Waals surface area contributed by atoms with Crippen molar-refractivity contribution in [2.75, 3.05) is 13.1 Å². The van der Waals surface area contributed by atoms with Gasteiger partial charge in [0.05, 0.1) is 22.7 Å². The second-order valence-electron chi connectivity index (χ2n) is 6.55. The number of fused-ring (bicyclic) bond motifs is 1. The van der Waals surface area contributed by atoms with E-state index in [1.54, 1.807) is 22.7 Å². The topological polar surface area (TPSA) is 83.4 Å². The molecule has 1 aliphatic rings. The number of aromatic nitrogens is 4. The van der Waals surface area contributed by atoms with E-state index in [2.05, 4.69) is 15.0 Å². The normalized spacial score (nSPS) is 17.6. The third-order valence-electron chi connectivity index (χ3n) is 4.79. The highest BCUT2D eigenvalue weighted by atomic mass is 35.5. The van der Waals surface area contributed by atoms with Crippen molar-refractivity contribution in [1.82, 2.24) is 24.3 Å². The highest BCUT2D eigenvalue weighted by Crippen LogP contribution is 2.27. The van der Waals surface area contributed by atoms with Gasteiger partial charge < -0.3 is 9.88 Å². The Balaban J connectivity index is 1.65. The second-order valence-corrected chi connectivity index (χ2v) is 6.98. The van der Waals surface area contributed by atoms with Gasteiger partial charge in [-0.15, -0.1) is 0 Å². The summed E-state index contributed by atoms with van der Waals surface area (Å²) >= 11 is 6.09. The summed E-state index contributed by atoms with van der Waals surface area (Å²) in [5, 5.41) is 0.549. The summed E-state index contributed by atoms with van der Waals surface area (Å²) in [6.07, 6.45) is 4.89. The predicted octanol–water partition coefficient (Wildman–Crippen LogP) is 2.40. The summed E-state index contributed by atoms with van der Waals surface area (Å²) < 4.78 is 1.75. The number of hydrogen-bond donors (Lipinski definition) is 1. The third-order valence-corrected chi connectivity index (χ3v) is 5.01.